The second kappa shape index (κ2) is 19.6. The Morgan fingerprint density at radius 3 is 1.00 bits per heavy atom. The van der Waals surface area contributed by atoms with Crippen molar-refractivity contribution >= 4 is 11.9 Å². The van der Waals surface area contributed by atoms with Gasteiger partial charge in [-0.15, -0.1) is 0 Å². The molecule has 12 heavy (non-hydrogen) atoms. The zero-order valence-corrected chi connectivity index (χ0v) is 20.6. The fourth-order valence-electron chi connectivity index (χ4n) is 0. The van der Waals surface area contributed by atoms with Crippen molar-refractivity contribution in [3.8, 4) is 0 Å². The summed E-state index contributed by atoms with van der Waals surface area (Å²) in [6.07, 6.45) is 0.222. The maximum Gasteiger partial charge on any atom is 1.00 e. The standard InChI is InChI=1S/2C3H6O2.2Cs/c2*1-2-3(4)5;;/h2*2H2,1H3,(H,4,5);;/q;;2*+1/p-2. The molecule has 0 unspecified atom stereocenters. The Morgan fingerprint density at radius 1 is 0.917 bits per heavy atom. The molecule has 6 heteroatoms. The van der Waals surface area contributed by atoms with Gasteiger partial charge in [-0.3, -0.25) is 0 Å². The van der Waals surface area contributed by atoms with Crippen LogP contribution in [0.15, 0.2) is 0 Å². The maximum absolute atomic E-state index is 9.26. The van der Waals surface area contributed by atoms with Gasteiger partial charge in [0, 0.05) is 11.9 Å². The molecule has 0 bridgehead atoms. The Labute approximate surface area is 190 Å². The second-order valence-corrected chi connectivity index (χ2v) is 1.45. The van der Waals surface area contributed by atoms with Crippen LogP contribution in [0.5, 0.6) is 0 Å². The molecule has 0 aliphatic carbocycles. The summed E-state index contributed by atoms with van der Waals surface area (Å²) in [6.45, 7) is 3.07. The van der Waals surface area contributed by atoms with Gasteiger partial charge in [-0.25, -0.2) is 0 Å². The average molecular weight is 412 g/mol. The van der Waals surface area contributed by atoms with Crippen LogP contribution in [0, 0.1) is 0 Å². The number of carboxylic acids is 2. The van der Waals surface area contributed by atoms with Crippen LogP contribution < -0.4 is 148 Å². The summed E-state index contributed by atoms with van der Waals surface area (Å²) in [5.41, 5.74) is 0. The summed E-state index contributed by atoms with van der Waals surface area (Å²) in [6, 6.07) is 0. The van der Waals surface area contributed by atoms with Crippen LogP contribution in [-0.4, -0.2) is 11.9 Å². The van der Waals surface area contributed by atoms with Crippen molar-refractivity contribution in [2.45, 2.75) is 26.7 Å². The molecule has 0 aromatic carbocycles. The van der Waals surface area contributed by atoms with E-state index in [2.05, 4.69) is 0 Å². The molecule has 0 amide bonds. The van der Waals surface area contributed by atoms with Gasteiger partial charge in [-0.1, -0.05) is 13.8 Å². The molecule has 0 aliphatic rings. The molecule has 0 N–H and O–H groups in total. The van der Waals surface area contributed by atoms with E-state index in [1.165, 1.54) is 13.8 Å². The van der Waals surface area contributed by atoms with Gasteiger partial charge in [0.15, 0.2) is 0 Å². The van der Waals surface area contributed by atoms with E-state index < -0.39 is 11.9 Å². The monoisotopic (exact) mass is 412 g/mol. The smallest absolute Gasteiger partial charge is 0.550 e. The largest absolute Gasteiger partial charge is 1.00 e. The summed E-state index contributed by atoms with van der Waals surface area (Å²) >= 11 is 0. The number of hydrogen-bond donors (Lipinski definition) is 0. The predicted molar refractivity (Wildman–Crippen MR) is 30.6 cm³/mol. The van der Waals surface area contributed by atoms with Gasteiger partial charge in [-0.05, 0) is 12.8 Å². The third-order valence-electron chi connectivity index (χ3n) is 0.577. The van der Waals surface area contributed by atoms with Crippen LogP contribution in [0.4, 0.5) is 0 Å². The van der Waals surface area contributed by atoms with Crippen molar-refractivity contribution in [1.29, 1.82) is 0 Å². The minimum Gasteiger partial charge on any atom is -0.550 e. The van der Waals surface area contributed by atoms with Gasteiger partial charge in [0.25, 0.3) is 0 Å². The van der Waals surface area contributed by atoms with Gasteiger partial charge in [0.05, 0.1) is 0 Å². The summed E-state index contributed by atoms with van der Waals surface area (Å²) in [4.78, 5) is 18.5. The molecule has 0 rings (SSSR count). The molecule has 0 radical (unpaired) electrons. The topological polar surface area (TPSA) is 80.3 Å². The molecule has 0 saturated carbocycles. The second-order valence-electron chi connectivity index (χ2n) is 1.45. The zero-order chi connectivity index (χ0) is 8.57. The third-order valence-corrected chi connectivity index (χ3v) is 0.577. The molecule has 4 nitrogen and oxygen atoms in total. The summed E-state index contributed by atoms with van der Waals surface area (Å²) in [5, 5.41) is 18.5. The fraction of sp³-hybridized carbons (Fsp3) is 0.667. The molecule has 0 spiro atoms. The normalized spacial score (nSPS) is 6.17. The SMILES string of the molecule is CCC(=O)[O-].CCC(=O)[O-].[Cs+].[Cs+]. The number of carbonyl (C=O) groups excluding carboxylic acids is 2. The molecular formula is C6H10Cs2O4. The van der Waals surface area contributed by atoms with E-state index in [4.69, 9.17) is 0 Å². The van der Waals surface area contributed by atoms with Crippen molar-refractivity contribution in [1.82, 2.24) is 0 Å². The zero-order valence-electron chi connectivity index (χ0n) is 8.05. The van der Waals surface area contributed by atoms with Crippen molar-refractivity contribution in [2.24, 2.45) is 0 Å². The van der Waals surface area contributed by atoms with Crippen LogP contribution in [0.25, 0.3) is 0 Å². The minimum atomic E-state index is -0.995. The number of rotatable bonds is 2. The average Bonchev–Trinajstić information content (AvgIpc) is 1.89. The Bertz CT molecular complexity index is 102. The van der Waals surface area contributed by atoms with Crippen LogP contribution in [0.2, 0.25) is 0 Å². The van der Waals surface area contributed by atoms with E-state index in [-0.39, 0.29) is 151 Å². The molecular weight excluding hydrogens is 402 g/mol. The Balaban J connectivity index is -0.0000000457. The van der Waals surface area contributed by atoms with E-state index in [9.17, 15) is 19.8 Å². The molecule has 0 aliphatic heterocycles. The molecule has 0 saturated heterocycles. The number of carboxylic acid groups (broad SMARTS) is 2. The minimum absolute atomic E-state index is 0. The van der Waals surface area contributed by atoms with Gasteiger partial charge in [0.1, 0.15) is 0 Å². The first-order chi connectivity index (χ1) is 4.54. The Kier molecular flexibility index (Phi) is 39.7. The van der Waals surface area contributed by atoms with Crippen LogP contribution >= 0.6 is 0 Å². The summed E-state index contributed by atoms with van der Waals surface area (Å²) in [7, 11) is 0. The molecule has 0 fully saturated rings. The van der Waals surface area contributed by atoms with Crippen LogP contribution in [-0.2, 0) is 9.59 Å². The van der Waals surface area contributed by atoms with Crippen molar-refractivity contribution < 1.29 is 158 Å². The van der Waals surface area contributed by atoms with Crippen LogP contribution in [0.1, 0.15) is 26.7 Å². The van der Waals surface area contributed by atoms with Gasteiger partial charge < -0.3 is 19.8 Å². The van der Waals surface area contributed by atoms with E-state index in [0.717, 1.165) is 0 Å². The van der Waals surface area contributed by atoms with E-state index in [0.29, 0.717) is 0 Å². The number of hydrogen-bond acceptors (Lipinski definition) is 4. The first-order valence-electron chi connectivity index (χ1n) is 2.94. The van der Waals surface area contributed by atoms with E-state index in [1.807, 2.05) is 0 Å². The first kappa shape index (κ1) is 24.3. The predicted octanol–water partition coefficient (Wildman–Crippen LogP) is -7.70. The quantitative estimate of drug-likeness (QED) is 0.452. The van der Waals surface area contributed by atoms with Gasteiger partial charge >= 0.3 is 138 Å². The van der Waals surface area contributed by atoms with E-state index >= 15 is 0 Å². The summed E-state index contributed by atoms with van der Waals surface area (Å²) in [5.74, 6) is -1.99. The molecule has 60 valence electrons. The van der Waals surface area contributed by atoms with Gasteiger partial charge in [-0.2, -0.15) is 0 Å². The molecule has 0 heterocycles. The van der Waals surface area contributed by atoms with Crippen molar-refractivity contribution in [2.75, 3.05) is 0 Å². The Hall–Kier alpha value is 3.04. The fourth-order valence-corrected chi connectivity index (χ4v) is 0. The molecule has 0 atom stereocenters. The van der Waals surface area contributed by atoms with Crippen molar-refractivity contribution in [3.63, 3.8) is 0 Å². The molecule has 0 aromatic rings. The van der Waals surface area contributed by atoms with Crippen molar-refractivity contribution in [3.05, 3.63) is 0 Å². The maximum atomic E-state index is 9.26. The third kappa shape index (κ3) is 38.1. The Morgan fingerprint density at radius 2 is 1.00 bits per heavy atom. The number of aliphatic carboxylic acids is 2. The van der Waals surface area contributed by atoms with Gasteiger partial charge in [0.2, 0.25) is 0 Å². The number of carbonyl (C=O) groups is 2. The summed E-state index contributed by atoms with van der Waals surface area (Å²) < 4.78 is 0. The van der Waals surface area contributed by atoms with Crippen LogP contribution in [0.3, 0.4) is 0 Å². The van der Waals surface area contributed by atoms with E-state index in [1.54, 1.807) is 0 Å². The first-order valence-corrected chi connectivity index (χ1v) is 2.94. The molecule has 0 aromatic heterocycles.